The predicted molar refractivity (Wildman–Crippen MR) is 81.5 cm³/mol. The lowest BCUT2D eigenvalue weighted by molar-refractivity contribution is 0.570. The van der Waals surface area contributed by atoms with Gasteiger partial charge >= 0.3 is 0 Å². The Morgan fingerprint density at radius 3 is 2.89 bits per heavy atom. The lowest BCUT2D eigenvalue weighted by atomic mass is 10.1. The molecular weight excluding hydrogens is 234 g/mol. The van der Waals surface area contributed by atoms with Crippen LogP contribution in [0.4, 0.5) is 5.82 Å². The van der Waals surface area contributed by atoms with Crippen molar-refractivity contribution in [1.82, 2.24) is 10.3 Å². The average molecular weight is 261 g/mol. The normalized spacial score (nSPS) is 23.2. The maximum absolute atomic E-state index is 4.51. The monoisotopic (exact) mass is 261 g/mol. The summed E-state index contributed by atoms with van der Waals surface area (Å²) in [5, 5.41) is 3.53. The Labute approximate surface area is 117 Å². The summed E-state index contributed by atoms with van der Waals surface area (Å²) in [4.78, 5) is 6.80. The van der Waals surface area contributed by atoms with Crippen molar-refractivity contribution in [2.24, 2.45) is 11.8 Å². The fraction of sp³-hybridized carbons (Fsp3) is 0.688. The minimum Gasteiger partial charge on any atom is -0.359 e. The van der Waals surface area contributed by atoms with E-state index in [-0.39, 0.29) is 0 Å². The highest BCUT2D eigenvalue weighted by atomic mass is 15.2. The fourth-order valence-electron chi connectivity index (χ4n) is 2.49. The highest BCUT2D eigenvalue weighted by molar-refractivity contribution is 5.41. The molecule has 0 radical (unpaired) electrons. The highest BCUT2D eigenvalue weighted by Gasteiger charge is 2.33. The summed E-state index contributed by atoms with van der Waals surface area (Å²) in [7, 11) is 2.15. The van der Waals surface area contributed by atoms with E-state index >= 15 is 0 Å². The summed E-state index contributed by atoms with van der Waals surface area (Å²) in [6.07, 6.45) is 4.47. The molecule has 106 valence electrons. The number of anilines is 1. The Morgan fingerprint density at radius 1 is 1.53 bits per heavy atom. The number of aromatic nitrogens is 1. The van der Waals surface area contributed by atoms with Crippen LogP contribution in [-0.2, 0) is 0 Å². The van der Waals surface area contributed by atoms with Gasteiger partial charge < -0.3 is 10.2 Å². The Hall–Kier alpha value is -1.09. The van der Waals surface area contributed by atoms with Crippen molar-refractivity contribution < 1.29 is 0 Å². The van der Waals surface area contributed by atoms with Crippen LogP contribution in [-0.4, -0.2) is 25.1 Å². The van der Waals surface area contributed by atoms with Crippen LogP contribution >= 0.6 is 0 Å². The molecule has 0 aliphatic heterocycles. The molecule has 3 nitrogen and oxygen atoms in total. The van der Waals surface area contributed by atoms with Crippen LogP contribution in [0.25, 0.3) is 0 Å². The third-order valence-corrected chi connectivity index (χ3v) is 4.15. The summed E-state index contributed by atoms with van der Waals surface area (Å²) in [6.45, 7) is 8.95. The predicted octanol–water partition coefficient (Wildman–Crippen LogP) is 3.23. The van der Waals surface area contributed by atoms with Crippen LogP contribution in [0.5, 0.6) is 0 Å². The Kier molecular flexibility index (Phi) is 4.81. The van der Waals surface area contributed by atoms with E-state index in [1.807, 2.05) is 6.20 Å². The summed E-state index contributed by atoms with van der Waals surface area (Å²) in [6, 6.07) is 4.74. The van der Waals surface area contributed by atoms with Crippen molar-refractivity contribution >= 4 is 5.82 Å². The molecule has 1 fully saturated rings. The van der Waals surface area contributed by atoms with E-state index in [2.05, 4.69) is 55.2 Å². The summed E-state index contributed by atoms with van der Waals surface area (Å²) >= 11 is 0. The van der Waals surface area contributed by atoms with Gasteiger partial charge in [0.2, 0.25) is 0 Å². The number of nitrogens with zero attached hydrogens (tertiary/aromatic N) is 2. The van der Waals surface area contributed by atoms with Crippen molar-refractivity contribution in [3.8, 4) is 0 Å². The van der Waals surface area contributed by atoms with Crippen LogP contribution in [0, 0.1) is 11.8 Å². The van der Waals surface area contributed by atoms with Crippen LogP contribution < -0.4 is 10.2 Å². The molecule has 1 N–H and O–H groups in total. The minimum absolute atomic E-state index is 0.398. The zero-order chi connectivity index (χ0) is 13.8. The molecule has 0 amide bonds. The molecule has 1 aliphatic rings. The Morgan fingerprint density at radius 2 is 2.26 bits per heavy atom. The van der Waals surface area contributed by atoms with Gasteiger partial charge in [-0.05, 0) is 55.8 Å². The molecule has 0 spiro atoms. The number of hydrogen-bond donors (Lipinski definition) is 1. The molecule has 3 heteroatoms. The SMILES string of the molecule is CCCNC(C)c1ccnc(N(C)CC2CC2C)c1. The van der Waals surface area contributed by atoms with Crippen LogP contribution in [0.15, 0.2) is 18.3 Å². The zero-order valence-corrected chi connectivity index (χ0v) is 12.7. The van der Waals surface area contributed by atoms with E-state index in [0.717, 1.165) is 30.7 Å². The second kappa shape index (κ2) is 6.38. The summed E-state index contributed by atoms with van der Waals surface area (Å²) in [5.41, 5.74) is 1.33. The average Bonchev–Trinajstić information content (AvgIpc) is 3.11. The molecule has 19 heavy (non-hydrogen) atoms. The molecule has 1 heterocycles. The molecule has 1 saturated carbocycles. The van der Waals surface area contributed by atoms with Crippen LogP contribution in [0.2, 0.25) is 0 Å². The maximum atomic E-state index is 4.51. The first-order valence-corrected chi connectivity index (χ1v) is 7.52. The quantitative estimate of drug-likeness (QED) is 0.816. The van der Waals surface area contributed by atoms with Gasteiger partial charge in [-0.3, -0.25) is 0 Å². The molecule has 1 aromatic heterocycles. The topological polar surface area (TPSA) is 28.2 Å². The first-order chi connectivity index (χ1) is 9.11. The van der Waals surface area contributed by atoms with E-state index in [9.17, 15) is 0 Å². The number of rotatable bonds is 7. The third kappa shape index (κ3) is 3.93. The smallest absolute Gasteiger partial charge is 0.128 e. The zero-order valence-electron chi connectivity index (χ0n) is 12.7. The lowest BCUT2D eigenvalue weighted by Crippen LogP contribution is -2.23. The molecule has 0 saturated heterocycles. The van der Waals surface area contributed by atoms with Crippen molar-refractivity contribution in [2.75, 3.05) is 25.0 Å². The van der Waals surface area contributed by atoms with E-state index in [1.165, 1.54) is 18.4 Å². The molecule has 0 bridgehead atoms. The molecule has 3 unspecified atom stereocenters. The van der Waals surface area contributed by atoms with Gasteiger partial charge in [-0.2, -0.15) is 0 Å². The lowest BCUT2D eigenvalue weighted by Gasteiger charge is -2.20. The standard InChI is InChI=1S/C16H27N3/c1-5-7-17-13(3)14-6-8-18-16(10-14)19(4)11-15-9-12(15)2/h6,8,10,12-13,15,17H,5,7,9,11H2,1-4H3. The van der Waals surface area contributed by atoms with Crippen LogP contribution in [0.1, 0.15) is 45.2 Å². The largest absolute Gasteiger partial charge is 0.359 e. The van der Waals surface area contributed by atoms with Gasteiger partial charge in [-0.1, -0.05) is 13.8 Å². The van der Waals surface area contributed by atoms with E-state index in [1.54, 1.807) is 0 Å². The van der Waals surface area contributed by atoms with Gasteiger partial charge in [0.15, 0.2) is 0 Å². The molecule has 3 atom stereocenters. The van der Waals surface area contributed by atoms with Gasteiger partial charge in [0.1, 0.15) is 5.82 Å². The number of nitrogens with one attached hydrogen (secondary N) is 1. The first kappa shape index (κ1) is 14.3. The Balaban J connectivity index is 1.97. The van der Waals surface area contributed by atoms with E-state index in [4.69, 9.17) is 0 Å². The summed E-state index contributed by atoms with van der Waals surface area (Å²) < 4.78 is 0. The first-order valence-electron chi connectivity index (χ1n) is 7.52. The van der Waals surface area contributed by atoms with Gasteiger partial charge in [0.25, 0.3) is 0 Å². The van der Waals surface area contributed by atoms with Crippen molar-refractivity contribution in [1.29, 1.82) is 0 Å². The van der Waals surface area contributed by atoms with E-state index in [0.29, 0.717) is 6.04 Å². The molecular formula is C16H27N3. The van der Waals surface area contributed by atoms with Gasteiger partial charge in [0.05, 0.1) is 0 Å². The number of hydrogen-bond acceptors (Lipinski definition) is 3. The van der Waals surface area contributed by atoms with Gasteiger partial charge in [-0.25, -0.2) is 4.98 Å². The minimum atomic E-state index is 0.398. The van der Waals surface area contributed by atoms with Crippen molar-refractivity contribution in [3.05, 3.63) is 23.9 Å². The van der Waals surface area contributed by atoms with Crippen molar-refractivity contribution in [3.63, 3.8) is 0 Å². The molecule has 2 rings (SSSR count). The Bertz CT molecular complexity index is 405. The van der Waals surface area contributed by atoms with Gasteiger partial charge in [-0.15, -0.1) is 0 Å². The van der Waals surface area contributed by atoms with Crippen LogP contribution in [0.3, 0.4) is 0 Å². The van der Waals surface area contributed by atoms with E-state index < -0.39 is 0 Å². The molecule has 1 aliphatic carbocycles. The highest BCUT2D eigenvalue weighted by Crippen LogP contribution is 2.38. The number of pyridine rings is 1. The second-order valence-electron chi connectivity index (χ2n) is 5.98. The summed E-state index contributed by atoms with van der Waals surface area (Å²) in [5.74, 6) is 2.86. The van der Waals surface area contributed by atoms with Crippen molar-refractivity contribution in [2.45, 2.75) is 39.7 Å². The van der Waals surface area contributed by atoms with Gasteiger partial charge in [0, 0.05) is 25.8 Å². The second-order valence-corrected chi connectivity index (χ2v) is 5.98. The molecule has 0 aromatic carbocycles. The third-order valence-electron chi connectivity index (χ3n) is 4.15. The maximum Gasteiger partial charge on any atom is 0.128 e. The fourth-order valence-corrected chi connectivity index (χ4v) is 2.49. The molecule has 1 aromatic rings.